The number of pyridine rings is 2. The predicted molar refractivity (Wildman–Crippen MR) is 319 cm³/mol. The number of aryl methyl sites for hydroxylation is 6. The van der Waals surface area contributed by atoms with E-state index in [4.69, 9.17) is 19.7 Å². The first-order chi connectivity index (χ1) is 42.3. The highest BCUT2D eigenvalue weighted by atomic mass is 19.4. The van der Waals surface area contributed by atoms with Crippen molar-refractivity contribution in [2.45, 2.75) is 144 Å². The molecule has 0 saturated carbocycles. The predicted octanol–water partition coefficient (Wildman–Crippen LogP) is 12.3. The standard InChI is InChI=1S/2C25H23F3N6.C14H22O8/c2*1-16-14-33(15-29-16)22-11-9-18(30-17(22)2)10-12-23-31-24-20(7-5-13-34(24)32-23)19-6-3-4-8-21(19)25(26,27)28;1-13(2,3)11(19)21-7(9(15)16)8(10(17)18)22-12(20)14(4,5)6/h2*3-4,6,8-12,14-15,20H,5,7,13H2,1-2H3;7-8H,1-6H3,(H,15,16)(H,17,18)/b2*12-10+;/t2*20-;7-,8-/m000/s1. The van der Waals surface area contributed by atoms with E-state index in [-0.39, 0.29) is 11.1 Å². The highest BCUT2D eigenvalue weighted by molar-refractivity contribution is 5.89. The zero-order chi connectivity index (χ0) is 65.6. The Morgan fingerprint density at radius 2 is 0.900 bits per heavy atom. The maximum Gasteiger partial charge on any atom is 0.416 e. The normalized spacial score (nSPS) is 15.8. The molecule has 0 bridgehead atoms. The molecule has 0 saturated heterocycles. The molecule has 2 aliphatic heterocycles. The second-order valence-corrected chi connectivity index (χ2v) is 23.7. The Morgan fingerprint density at radius 3 is 1.21 bits per heavy atom. The van der Waals surface area contributed by atoms with Crippen molar-refractivity contribution in [3.63, 3.8) is 0 Å². The molecule has 0 unspecified atom stereocenters. The van der Waals surface area contributed by atoms with Crippen molar-refractivity contribution in [1.29, 1.82) is 0 Å². The van der Waals surface area contributed by atoms with Gasteiger partial charge in [0.1, 0.15) is 11.6 Å². The summed E-state index contributed by atoms with van der Waals surface area (Å²) in [6.07, 6.45) is 4.12. The first-order valence-electron chi connectivity index (χ1n) is 28.7. The van der Waals surface area contributed by atoms with E-state index in [0.29, 0.717) is 49.2 Å². The van der Waals surface area contributed by atoms with Crippen LogP contribution in [-0.2, 0) is 54.1 Å². The first kappa shape index (κ1) is 66.3. The van der Waals surface area contributed by atoms with Crippen molar-refractivity contribution >= 4 is 48.2 Å². The molecule has 90 heavy (non-hydrogen) atoms. The number of hydrogen-bond donors (Lipinski definition) is 2. The Bertz CT molecular complexity index is 3720. The van der Waals surface area contributed by atoms with Crippen LogP contribution in [0.15, 0.2) is 97.8 Å². The zero-order valence-corrected chi connectivity index (χ0v) is 51.1. The van der Waals surface area contributed by atoms with Crippen LogP contribution in [0.4, 0.5) is 26.3 Å². The summed E-state index contributed by atoms with van der Waals surface area (Å²) in [4.78, 5) is 72.9. The number of fused-ring (bicyclic) bond motifs is 2. The minimum absolute atomic E-state index is 0.251. The molecule has 0 spiro atoms. The molecule has 2 aliphatic rings. The lowest BCUT2D eigenvalue weighted by molar-refractivity contribution is -0.193. The number of ether oxygens (including phenoxy) is 2. The number of rotatable bonds is 13. The SMILES string of the molecule is CC(C)(C)C(=O)O[C@H](C(=O)O)[C@H](OC(=O)C(C)(C)C)C(=O)O.Cc1cn(-c2ccc(/C=C/c3nc4n(n3)CCC[C@H]4c3ccccc3C(F)(F)F)nc2C)cn1.Cc1cn(-c2ccc(/C=C/c3nc4n(n3)CCC[C@H]4c3ccccc3C(F)(F)F)nc2C)cn1. The molecule has 0 aliphatic carbocycles. The maximum atomic E-state index is 13.6. The quantitative estimate of drug-likeness (QED) is 0.0804. The molecule has 10 rings (SSSR count). The van der Waals surface area contributed by atoms with Gasteiger partial charge in [0, 0.05) is 37.3 Å². The monoisotopic (exact) mass is 1250 g/mol. The molecule has 26 heteroatoms. The third-order valence-electron chi connectivity index (χ3n) is 14.5. The number of carboxylic acid groups (broad SMARTS) is 2. The Hall–Kier alpha value is -9.62. The molecule has 2 N–H and O–H groups in total. The Morgan fingerprint density at radius 1 is 0.533 bits per heavy atom. The Balaban J connectivity index is 0.000000180. The van der Waals surface area contributed by atoms with Gasteiger partial charge in [0.25, 0.3) is 0 Å². The second-order valence-electron chi connectivity index (χ2n) is 23.7. The molecule has 6 aromatic heterocycles. The first-order valence-corrected chi connectivity index (χ1v) is 28.7. The van der Waals surface area contributed by atoms with Gasteiger partial charge in [-0.05, 0) is 167 Å². The molecule has 0 radical (unpaired) electrons. The van der Waals surface area contributed by atoms with Crippen molar-refractivity contribution in [3.05, 3.63) is 178 Å². The van der Waals surface area contributed by atoms with Gasteiger partial charge in [0.05, 0.1) is 80.1 Å². The largest absolute Gasteiger partial charge is 0.478 e. The van der Waals surface area contributed by atoms with Crippen LogP contribution in [0.2, 0.25) is 0 Å². The number of alkyl halides is 6. The average molecular weight is 1250 g/mol. The van der Waals surface area contributed by atoms with E-state index in [1.165, 1.54) is 53.7 Å². The van der Waals surface area contributed by atoms with Crippen LogP contribution in [-0.4, -0.2) is 105 Å². The third-order valence-corrected chi connectivity index (χ3v) is 14.5. The van der Waals surface area contributed by atoms with Crippen molar-refractivity contribution in [2.75, 3.05) is 0 Å². The van der Waals surface area contributed by atoms with Gasteiger partial charge in [-0.2, -0.15) is 36.5 Å². The van der Waals surface area contributed by atoms with Crippen molar-refractivity contribution in [1.82, 2.24) is 58.6 Å². The van der Waals surface area contributed by atoms with Crippen molar-refractivity contribution in [2.24, 2.45) is 10.8 Å². The number of imidazole rings is 2. The van der Waals surface area contributed by atoms with Gasteiger partial charge in [-0.15, -0.1) is 0 Å². The van der Waals surface area contributed by atoms with Gasteiger partial charge >= 0.3 is 36.2 Å². The van der Waals surface area contributed by atoms with Crippen LogP contribution in [0.5, 0.6) is 0 Å². The number of aromatic nitrogens is 12. The van der Waals surface area contributed by atoms with E-state index < -0.39 is 82.2 Å². The van der Waals surface area contributed by atoms with E-state index in [1.54, 1.807) is 58.4 Å². The summed E-state index contributed by atoms with van der Waals surface area (Å²) >= 11 is 0. The summed E-state index contributed by atoms with van der Waals surface area (Å²) in [7, 11) is 0. The lowest BCUT2D eigenvalue weighted by atomic mass is 9.88. The van der Waals surface area contributed by atoms with E-state index in [2.05, 4.69) is 40.1 Å². The van der Waals surface area contributed by atoms with Gasteiger partial charge in [0.2, 0.25) is 12.2 Å². The number of nitrogens with zero attached hydrogens (tertiary/aromatic N) is 12. The fourth-order valence-corrected chi connectivity index (χ4v) is 9.96. The molecule has 8 aromatic rings. The summed E-state index contributed by atoms with van der Waals surface area (Å²) in [5.41, 5.74) is 4.12. The fraction of sp³-hybridized carbons (Fsp3) is 0.375. The van der Waals surface area contributed by atoms with Crippen LogP contribution in [0.1, 0.15) is 159 Å². The van der Waals surface area contributed by atoms with Gasteiger partial charge in [-0.1, -0.05) is 36.4 Å². The number of carbonyl (C=O) groups excluding carboxylic acids is 2. The minimum Gasteiger partial charge on any atom is -0.478 e. The summed E-state index contributed by atoms with van der Waals surface area (Å²) in [6.45, 7) is 17.9. The number of aliphatic carboxylic acids is 2. The molecule has 0 fully saturated rings. The summed E-state index contributed by atoms with van der Waals surface area (Å²) < 4.78 is 98.3. The number of hydrogen-bond acceptors (Lipinski definition) is 14. The number of benzene rings is 2. The minimum atomic E-state index is -4.41. The van der Waals surface area contributed by atoms with Crippen LogP contribution in [0.3, 0.4) is 0 Å². The molecule has 4 atom stereocenters. The lowest BCUT2D eigenvalue weighted by Gasteiger charge is -2.26. The molecule has 8 heterocycles. The van der Waals surface area contributed by atoms with E-state index >= 15 is 0 Å². The fourth-order valence-electron chi connectivity index (χ4n) is 9.96. The summed E-state index contributed by atoms with van der Waals surface area (Å²) in [5.74, 6) is -4.11. The Kier molecular flexibility index (Phi) is 19.9. The Labute approximate surface area is 514 Å². The van der Waals surface area contributed by atoms with E-state index in [9.17, 15) is 45.5 Å². The molecule has 474 valence electrons. The zero-order valence-electron chi connectivity index (χ0n) is 51.1. The maximum absolute atomic E-state index is 13.6. The van der Waals surface area contributed by atoms with Crippen molar-refractivity contribution < 1.29 is 65.2 Å². The van der Waals surface area contributed by atoms with Gasteiger partial charge in [-0.3, -0.25) is 19.6 Å². The number of halogens is 6. The highest BCUT2D eigenvalue weighted by Gasteiger charge is 2.44. The summed E-state index contributed by atoms with van der Waals surface area (Å²) in [5, 5.41) is 27.2. The van der Waals surface area contributed by atoms with Crippen LogP contribution < -0.4 is 0 Å². The number of carbonyl (C=O) groups is 4. The number of carboxylic acids is 2. The molecule has 20 nitrogen and oxygen atoms in total. The van der Waals surface area contributed by atoms with Crippen LogP contribution >= 0.6 is 0 Å². The molecular weight excluding hydrogens is 1180 g/mol. The van der Waals surface area contributed by atoms with E-state index in [1.807, 2.05) is 85.6 Å². The third kappa shape index (κ3) is 16.2. The smallest absolute Gasteiger partial charge is 0.416 e. The van der Waals surface area contributed by atoms with Gasteiger partial charge in [-0.25, -0.2) is 38.9 Å². The lowest BCUT2D eigenvalue weighted by Crippen LogP contribution is -2.48. The highest BCUT2D eigenvalue weighted by Crippen LogP contribution is 2.42. The second kappa shape index (κ2) is 27.0. The molecular formula is C64H68F6N12O8. The molecule has 2 aromatic carbocycles. The topological polar surface area (TPSA) is 250 Å². The van der Waals surface area contributed by atoms with Gasteiger partial charge < -0.3 is 28.8 Å². The number of esters is 2. The van der Waals surface area contributed by atoms with E-state index in [0.717, 1.165) is 70.5 Å². The van der Waals surface area contributed by atoms with Crippen LogP contribution in [0, 0.1) is 38.5 Å². The van der Waals surface area contributed by atoms with Gasteiger partial charge in [0.15, 0.2) is 11.6 Å². The van der Waals surface area contributed by atoms with Crippen molar-refractivity contribution in [3.8, 4) is 11.4 Å². The molecule has 0 amide bonds. The van der Waals surface area contributed by atoms with Crippen LogP contribution in [0.25, 0.3) is 35.7 Å². The summed E-state index contributed by atoms with van der Waals surface area (Å²) in [6, 6.07) is 19.2. The average Bonchev–Trinajstić information content (AvgIpc) is 1.68.